The number of aromatic nitrogens is 1. The van der Waals surface area contributed by atoms with Crippen LogP contribution in [0.1, 0.15) is 24.3 Å². The summed E-state index contributed by atoms with van der Waals surface area (Å²) < 4.78 is 5.06. The molecule has 4 nitrogen and oxygen atoms in total. The van der Waals surface area contributed by atoms with Gasteiger partial charge < -0.3 is 14.8 Å². The number of hydrogen-bond acceptors (Lipinski definition) is 4. The van der Waals surface area contributed by atoms with Crippen LogP contribution in [0.15, 0.2) is 10.8 Å². The summed E-state index contributed by atoms with van der Waals surface area (Å²) in [6, 6.07) is 0.246. The summed E-state index contributed by atoms with van der Waals surface area (Å²) in [5, 5.41) is 12.5. The molecule has 0 radical (unpaired) electrons. The van der Waals surface area contributed by atoms with Gasteiger partial charge in [0.1, 0.15) is 5.76 Å². The molecule has 0 amide bonds. The van der Waals surface area contributed by atoms with Crippen LogP contribution in [-0.2, 0) is 6.54 Å². The van der Waals surface area contributed by atoms with Crippen molar-refractivity contribution >= 4 is 0 Å². The maximum Gasteiger partial charge on any atom is 0.181 e. The van der Waals surface area contributed by atoms with Gasteiger partial charge in [-0.2, -0.15) is 0 Å². The number of aliphatic hydroxyl groups excluding tert-OH is 1. The third-order valence-corrected chi connectivity index (χ3v) is 2.61. The van der Waals surface area contributed by atoms with Crippen molar-refractivity contribution in [3.8, 4) is 0 Å². The van der Waals surface area contributed by atoms with E-state index < -0.39 is 0 Å². The molecule has 2 unspecified atom stereocenters. The average Bonchev–Trinajstić information content (AvgIpc) is 2.50. The second-order valence-electron chi connectivity index (χ2n) is 3.49. The topological polar surface area (TPSA) is 58.3 Å². The molecule has 72 valence electrons. The van der Waals surface area contributed by atoms with Crippen molar-refractivity contribution in [2.75, 3.05) is 0 Å². The molecule has 0 aromatic carbocycles. The molecule has 1 aromatic heterocycles. The van der Waals surface area contributed by atoms with Gasteiger partial charge in [0.2, 0.25) is 0 Å². The van der Waals surface area contributed by atoms with E-state index in [4.69, 9.17) is 4.42 Å². The van der Waals surface area contributed by atoms with Crippen molar-refractivity contribution in [2.24, 2.45) is 0 Å². The van der Waals surface area contributed by atoms with Gasteiger partial charge in [0, 0.05) is 12.6 Å². The highest BCUT2D eigenvalue weighted by molar-refractivity contribution is 5.04. The van der Waals surface area contributed by atoms with E-state index in [0.29, 0.717) is 6.54 Å². The molecule has 1 aromatic rings. The first kappa shape index (κ1) is 8.72. The van der Waals surface area contributed by atoms with Crippen LogP contribution in [0.25, 0.3) is 0 Å². The summed E-state index contributed by atoms with van der Waals surface area (Å²) in [5.74, 6) is 0.848. The predicted molar refractivity (Wildman–Crippen MR) is 47.1 cm³/mol. The number of oxazole rings is 1. The van der Waals surface area contributed by atoms with Crippen LogP contribution in [0, 0.1) is 6.92 Å². The summed E-state index contributed by atoms with van der Waals surface area (Å²) in [7, 11) is 0. The lowest BCUT2D eigenvalue weighted by atomic mass is 9.89. The molecule has 0 saturated heterocycles. The van der Waals surface area contributed by atoms with E-state index in [1.54, 1.807) is 0 Å². The Labute approximate surface area is 77.0 Å². The molecule has 1 fully saturated rings. The summed E-state index contributed by atoms with van der Waals surface area (Å²) in [4.78, 5) is 4.06. The van der Waals surface area contributed by atoms with Gasteiger partial charge in [-0.05, 0) is 19.8 Å². The van der Waals surface area contributed by atoms with E-state index in [1.807, 2.05) is 6.92 Å². The summed E-state index contributed by atoms with van der Waals surface area (Å²) in [5.41, 5.74) is 0.930. The number of rotatable bonds is 3. The molecule has 0 bridgehead atoms. The minimum atomic E-state index is -0.174. The second-order valence-corrected chi connectivity index (χ2v) is 3.49. The lowest BCUT2D eigenvalue weighted by Gasteiger charge is -2.32. The monoisotopic (exact) mass is 182 g/mol. The van der Waals surface area contributed by atoms with Crippen LogP contribution in [-0.4, -0.2) is 22.2 Å². The van der Waals surface area contributed by atoms with Crippen molar-refractivity contribution in [1.82, 2.24) is 10.3 Å². The highest BCUT2D eigenvalue weighted by Crippen LogP contribution is 2.19. The molecule has 2 atom stereocenters. The number of nitrogens with one attached hydrogen (secondary N) is 1. The predicted octanol–water partition coefficient (Wildman–Crippen LogP) is 0.596. The number of nitrogens with zero attached hydrogens (tertiary/aromatic N) is 1. The molecular formula is C9H14N2O2. The van der Waals surface area contributed by atoms with E-state index in [2.05, 4.69) is 10.3 Å². The zero-order valence-electron chi connectivity index (χ0n) is 7.66. The van der Waals surface area contributed by atoms with Gasteiger partial charge in [0.05, 0.1) is 11.8 Å². The van der Waals surface area contributed by atoms with E-state index in [0.717, 1.165) is 24.3 Å². The fraction of sp³-hybridized carbons (Fsp3) is 0.667. The maximum atomic E-state index is 9.30. The fourth-order valence-corrected chi connectivity index (χ4v) is 1.45. The van der Waals surface area contributed by atoms with Crippen LogP contribution >= 0.6 is 0 Å². The highest BCUT2D eigenvalue weighted by Gasteiger charge is 2.28. The van der Waals surface area contributed by atoms with E-state index in [1.165, 1.54) is 6.39 Å². The summed E-state index contributed by atoms with van der Waals surface area (Å²) in [6.45, 7) is 2.57. The number of aryl methyl sites for hydroxylation is 1. The minimum absolute atomic E-state index is 0.174. The Morgan fingerprint density at radius 1 is 1.69 bits per heavy atom. The number of aliphatic hydroxyl groups is 1. The van der Waals surface area contributed by atoms with Gasteiger partial charge in [-0.15, -0.1) is 0 Å². The van der Waals surface area contributed by atoms with Crippen LogP contribution in [0.2, 0.25) is 0 Å². The van der Waals surface area contributed by atoms with E-state index in [-0.39, 0.29) is 12.1 Å². The Morgan fingerprint density at radius 2 is 2.54 bits per heavy atom. The molecule has 1 heterocycles. The Kier molecular flexibility index (Phi) is 2.33. The average molecular weight is 182 g/mol. The zero-order valence-corrected chi connectivity index (χ0v) is 7.66. The molecule has 4 heteroatoms. The third-order valence-electron chi connectivity index (χ3n) is 2.61. The normalized spacial score (nSPS) is 27.2. The minimum Gasteiger partial charge on any atom is -0.448 e. The lowest BCUT2D eigenvalue weighted by molar-refractivity contribution is 0.0491. The molecule has 0 aliphatic heterocycles. The van der Waals surface area contributed by atoms with Crippen LogP contribution in [0.5, 0.6) is 0 Å². The third kappa shape index (κ3) is 1.73. The Hall–Kier alpha value is -0.870. The largest absolute Gasteiger partial charge is 0.448 e. The van der Waals surface area contributed by atoms with Gasteiger partial charge in [0.15, 0.2) is 6.39 Å². The van der Waals surface area contributed by atoms with Gasteiger partial charge in [-0.25, -0.2) is 4.98 Å². The Balaban J connectivity index is 1.83. The van der Waals surface area contributed by atoms with Crippen molar-refractivity contribution in [1.29, 1.82) is 0 Å². The van der Waals surface area contributed by atoms with Crippen molar-refractivity contribution in [3.05, 3.63) is 17.8 Å². The first-order valence-corrected chi connectivity index (χ1v) is 4.58. The fourth-order valence-electron chi connectivity index (χ4n) is 1.45. The molecule has 2 N–H and O–H groups in total. The van der Waals surface area contributed by atoms with Crippen molar-refractivity contribution < 1.29 is 9.52 Å². The van der Waals surface area contributed by atoms with Crippen LogP contribution < -0.4 is 5.32 Å². The smallest absolute Gasteiger partial charge is 0.181 e. The summed E-state index contributed by atoms with van der Waals surface area (Å²) >= 11 is 0. The molecule has 1 saturated carbocycles. The molecular weight excluding hydrogens is 168 g/mol. The van der Waals surface area contributed by atoms with E-state index >= 15 is 0 Å². The maximum absolute atomic E-state index is 9.30. The van der Waals surface area contributed by atoms with Gasteiger partial charge >= 0.3 is 0 Å². The van der Waals surface area contributed by atoms with Gasteiger partial charge in [-0.3, -0.25) is 0 Å². The standard InChI is InChI=1S/C9H14N2O2/c1-6-8(11-5-13-6)4-10-7-2-3-9(7)12/h5,7,9-10,12H,2-4H2,1H3. The van der Waals surface area contributed by atoms with Gasteiger partial charge in [0.25, 0.3) is 0 Å². The van der Waals surface area contributed by atoms with Crippen molar-refractivity contribution in [2.45, 2.75) is 38.5 Å². The zero-order chi connectivity index (χ0) is 9.26. The molecule has 1 aliphatic rings. The first-order valence-electron chi connectivity index (χ1n) is 4.58. The van der Waals surface area contributed by atoms with Crippen molar-refractivity contribution in [3.63, 3.8) is 0 Å². The highest BCUT2D eigenvalue weighted by atomic mass is 16.3. The quantitative estimate of drug-likeness (QED) is 0.718. The van der Waals surface area contributed by atoms with Crippen LogP contribution in [0.3, 0.4) is 0 Å². The Bertz CT molecular complexity index is 285. The molecule has 2 rings (SSSR count). The van der Waals surface area contributed by atoms with Crippen LogP contribution in [0.4, 0.5) is 0 Å². The Morgan fingerprint density at radius 3 is 3.00 bits per heavy atom. The first-order chi connectivity index (χ1) is 6.27. The SMILES string of the molecule is Cc1ocnc1CNC1CCC1O. The van der Waals surface area contributed by atoms with E-state index in [9.17, 15) is 5.11 Å². The second kappa shape index (κ2) is 3.47. The molecule has 1 aliphatic carbocycles. The molecule has 13 heavy (non-hydrogen) atoms. The summed E-state index contributed by atoms with van der Waals surface area (Å²) in [6.07, 6.45) is 3.24. The van der Waals surface area contributed by atoms with Gasteiger partial charge in [-0.1, -0.05) is 0 Å². The lowest BCUT2D eigenvalue weighted by Crippen LogP contribution is -2.47. The molecule has 0 spiro atoms. The number of hydrogen-bond donors (Lipinski definition) is 2.